The molecule has 0 bridgehead atoms. The average Bonchev–Trinajstić information content (AvgIpc) is 3.16. The van der Waals surface area contributed by atoms with Crippen molar-refractivity contribution in [2.45, 2.75) is 6.10 Å². The molecule has 1 aliphatic heterocycles. The number of aliphatic hydroxyl groups is 1. The fraction of sp³-hybridized carbons (Fsp3) is 0.294. The van der Waals surface area contributed by atoms with Crippen molar-refractivity contribution < 1.29 is 24.1 Å². The maximum Gasteiger partial charge on any atom is 0.341 e. The first-order valence-corrected chi connectivity index (χ1v) is 9.24. The lowest BCUT2D eigenvalue weighted by Gasteiger charge is -2.39. The van der Waals surface area contributed by atoms with Gasteiger partial charge in [-0.2, -0.15) is 0 Å². The molecule has 4 rings (SSSR count). The van der Waals surface area contributed by atoms with E-state index in [1.165, 1.54) is 22.1 Å². The van der Waals surface area contributed by atoms with Gasteiger partial charge in [0.25, 0.3) is 0 Å². The number of carboxylic acid groups (broad SMARTS) is 1. The zero-order valence-corrected chi connectivity index (χ0v) is 15.2. The third-order valence-electron chi connectivity index (χ3n) is 4.36. The second kappa shape index (κ2) is 7.26. The molecule has 0 spiro atoms. The van der Waals surface area contributed by atoms with Gasteiger partial charge in [-0.25, -0.2) is 19.2 Å². The van der Waals surface area contributed by atoms with Crippen LogP contribution in [0.2, 0.25) is 0 Å². The Morgan fingerprint density at radius 3 is 2.86 bits per heavy atom. The van der Waals surface area contributed by atoms with Crippen LogP contribution in [0, 0.1) is 5.82 Å². The minimum Gasteiger partial charge on any atom is -0.477 e. The standard InChI is InChI=1S/C17H15FN4O5S/c18-12-5-10-13(24)11(16(25)26)8-22(17-19-1-4-28-17)14(10)20-15(12)21-6-9(7-21)27-3-2-23/h1,4-5,8-9,23H,2-3,6-7H2,(H,25,26). The summed E-state index contributed by atoms with van der Waals surface area (Å²) in [6.45, 7) is 0.896. The zero-order valence-electron chi connectivity index (χ0n) is 14.4. The molecule has 0 amide bonds. The molecule has 0 atom stereocenters. The number of thiazole rings is 1. The minimum absolute atomic E-state index is 0.0455. The number of hydrogen-bond donors (Lipinski definition) is 2. The maximum absolute atomic E-state index is 14.7. The van der Waals surface area contributed by atoms with E-state index in [1.807, 2.05) is 0 Å². The monoisotopic (exact) mass is 406 g/mol. The summed E-state index contributed by atoms with van der Waals surface area (Å²) in [5, 5.41) is 20.1. The van der Waals surface area contributed by atoms with Crippen LogP contribution in [0.5, 0.6) is 0 Å². The number of hydrogen-bond acceptors (Lipinski definition) is 8. The van der Waals surface area contributed by atoms with E-state index in [9.17, 15) is 19.1 Å². The molecule has 11 heteroatoms. The van der Waals surface area contributed by atoms with Gasteiger partial charge in [0, 0.05) is 30.9 Å². The van der Waals surface area contributed by atoms with Crippen LogP contribution in [0.1, 0.15) is 10.4 Å². The summed E-state index contributed by atoms with van der Waals surface area (Å²) in [6.07, 6.45) is 2.55. The molecule has 0 aromatic carbocycles. The molecule has 0 saturated carbocycles. The van der Waals surface area contributed by atoms with E-state index in [4.69, 9.17) is 9.84 Å². The summed E-state index contributed by atoms with van der Waals surface area (Å²) in [5.41, 5.74) is -1.17. The van der Waals surface area contributed by atoms with Gasteiger partial charge in [-0.3, -0.25) is 9.36 Å². The van der Waals surface area contributed by atoms with Crippen molar-refractivity contribution in [3.63, 3.8) is 0 Å². The Kier molecular flexibility index (Phi) is 4.79. The van der Waals surface area contributed by atoms with Crippen molar-refractivity contribution in [1.29, 1.82) is 0 Å². The van der Waals surface area contributed by atoms with E-state index < -0.39 is 22.8 Å². The third-order valence-corrected chi connectivity index (χ3v) is 5.13. The molecule has 1 aliphatic rings. The normalized spacial score (nSPS) is 14.4. The zero-order chi connectivity index (χ0) is 19.8. The number of rotatable bonds is 6. The van der Waals surface area contributed by atoms with Gasteiger partial charge in [0.1, 0.15) is 5.56 Å². The third kappa shape index (κ3) is 3.13. The fourth-order valence-electron chi connectivity index (χ4n) is 3.01. The Morgan fingerprint density at radius 2 is 2.21 bits per heavy atom. The number of aromatic carboxylic acids is 1. The molecule has 3 aromatic rings. The minimum atomic E-state index is -1.41. The number of anilines is 1. The number of nitrogens with zero attached hydrogens (tertiary/aromatic N) is 4. The van der Waals surface area contributed by atoms with Crippen LogP contribution in [0.3, 0.4) is 0 Å². The largest absolute Gasteiger partial charge is 0.477 e. The molecule has 9 nitrogen and oxygen atoms in total. The van der Waals surface area contributed by atoms with Crippen molar-refractivity contribution in [3.05, 3.63) is 45.4 Å². The fourth-order valence-corrected chi connectivity index (χ4v) is 3.62. The lowest BCUT2D eigenvalue weighted by atomic mass is 10.1. The first-order chi connectivity index (χ1) is 13.5. The van der Waals surface area contributed by atoms with Crippen molar-refractivity contribution in [2.24, 2.45) is 0 Å². The SMILES string of the molecule is O=C(O)c1cn(-c2nccs2)c2nc(N3CC(OCCO)C3)c(F)cc2c1=O. The van der Waals surface area contributed by atoms with Crippen LogP contribution in [0.4, 0.5) is 10.2 Å². The van der Waals surface area contributed by atoms with Crippen molar-refractivity contribution in [2.75, 3.05) is 31.2 Å². The molecule has 28 heavy (non-hydrogen) atoms. The van der Waals surface area contributed by atoms with Gasteiger partial charge in [0.2, 0.25) is 5.43 Å². The van der Waals surface area contributed by atoms with Crippen LogP contribution >= 0.6 is 11.3 Å². The van der Waals surface area contributed by atoms with Gasteiger partial charge in [0.05, 0.1) is 24.7 Å². The van der Waals surface area contributed by atoms with Crippen LogP contribution in [0.15, 0.2) is 28.6 Å². The second-order valence-electron chi connectivity index (χ2n) is 6.15. The lowest BCUT2D eigenvalue weighted by Crippen LogP contribution is -2.53. The Labute approximate surface area is 161 Å². The smallest absolute Gasteiger partial charge is 0.341 e. The molecule has 0 unspecified atom stereocenters. The number of pyridine rings is 2. The number of aliphatic hydroxyl groups excluding tert-OH is 1. The topological polar surface area (TPSA) is 118 Å². The molecular weight excluding hydrogens is 391 g/mol. The second-order valence-corrected chi connectivity index (χ2v) is 7.02. The Bertz CT molecular complexity index is 1100. The predicted molar refractivity (Wildman–Crippen MR) is 99.0 cm³/mol. The molecule has 3 aromatic heterocycles. The van der Waals surface area contributed by atoms with Gasteiger partial charge < -0.3 is 19.8 Å². The number of aromatic nitrogens is 3. The number of halogens is 1. The molecule has 1 saturated heterocycles. The lowest BCUT2D eigenvalue weighted by molar-refractivity contribution is 0.0130. The highest BCUT2D eigenvalue weighted by Crippen LogP contribution is 2.27. The van der Waals surface area contributed by atoms with E-state index in [-0.39, 0.29) is 36.2 Å². The van der Waals surface area contributed by atoms with Crippen LogP contribution in [0.25, 0.3) is 16.2 Å². The highest BCUT2D eigenvalue weighted by Gasteiger charge is 2.31. The first-order valence-electron chi connectivity index (χ1n) is 8.36. The molecule has 1 fully saturated rings. The summed E-state index contributed by atoms with van der Waals surface area (Å²) >= 11 is 1.23. The first kappa shape index (κ1) is 18.5. The average molecular weight is 406 g/mol. The number of ether oxygens (including phenoxy) is 1. The molecule has 4 heterocycles. The summed E-state index contributed by atoms with van der Waals surface area (Å²) in [6, 6.07) is 1.01. The molecule has 0 aliphatic carbocycles. The Balaban J connectivity index is 1.82. The van der Waals surface area contributed by atoms with Gasteiger partial charge in [-0.1, -0.05) is 0 Å². The quantitative estimate of drug-likeness (QED) is 0.619. The molecule has 2 N–H and O–H groups in total. The van der Waals surface area contributed by atoms with Gasteiger partial charge >= 0.3 is 5.97 Å². The van der Waals surface area contributed by atoms with Gasteiger partial charge in [0.15, 0.2) is 22.4 Å². The highest BCUT2D eigenvalue weighted by atomic mass is 32.1. The molecular formula is C17H15FN4O5S. The van der Waals surface area contributed by atoms with Crippen LogP contribution in [-0.2, 0) is 4.74 Å². The van der Waals surface area contributed by atoms with Crippen molar-refractivity contribution in [1.82, 2.24) is 14.5 Å². The van der Waals surface area contributed by atoms with E-state index in [0.29, 0.717) is 18.2 Å². The van der Waals surface area contributed by atoms with Crippen LogP contribution in [-0.4, -0.2) is 63.1 Å². The Hall–Kier alpha value is -2.89. The van der Waals surface area contributed by atoms with E-state index in [1.54, 1.807) is 10.3 Å². The summed E-state index contributed by atoms with van der Waals surface area (Å²) in [5.74, 6) is -2.09. The number of carbonyl (C=O) groups is 1. The summed E-state index contributed by atoms with van der Waals surface area (Å²) < 4.78 is 21.4. The van der Waals surface area contributed by atoms with E-state index >= 15 is 0 Å². The predicted octanol–water partition coefficient (Wildman–Crippen LogP) is 0.877. The Morgan fingerprint density at radius 1 is 1.43 bits per heavy atom. The summed E-state index contributed by atoms with van der Waals surface area (Å²) in [7, 11) is 0. The summed E-state index contributed by atoms with van der Waals surface area (Å²) in [4.78, 5) is 34.0. The van der Waals surface area contributed by atoms with E-state index in [0.717, 1.165) is 12.3 Å². The maximum atomic E-state index is 14.7. The molecule has 146 valence electrons. The van der Waals surface area contributed by atoms with E-state index in [2.05, 4.69) is 9.97 Å². The number of fused-ring (bicyclic) bond motifs is 1. The van der Waals surface area contributed by atoms with Crippen LogP contribution < -0.4 is 10.3 Å². The molecule has 0 radical (unpaired) electrons. The number of carboxylic acids is 1. The van der Waals surface area contributed by atoms with Crippen molar-refractivity contribution >= 4 is 34.2 Å². The van der Waals surface area contributed by atoms with Crippen molar-refractivity contribution in [3.8, 4) is 5.13 Å². The van der Waals surface area contributed by atoms with Gasteiger partial charge in [-0.05, 0) is 6.07 Å². The van der Waals surface area contributed by atoms with Gasteiger partial charge in [-0.15, -0.1) is 11.3 Å². The highest BCUT2D eigenvalue weighted by molar-refractivity contribution is 7.12.